The van der Waals surface area contributed by atoms with Gasteiger partial charge >= 0.3 is 5.97 Å². The summed E-state index contributed by atoms with van der Waals surface area (Å²) in [5.74, 6) is -1.55. The van der Waals surface area contributed by atoms with Gasteiger partial charge in [-0.05, 0) is 18.2 Å². The molecule has 3 aromatic rings. The number of carbonyl (C=O) groups excluding carboxylic acids is 1. The molecule has 122 valence electrons. The molecular weight excluding hydrogens is 313 g/mol. The van der Waals surface area contributed by atoms with Crippen LogP contribution in [0.3, 0.4) is 0 Å². The van der Waals surface area contributed by atoms with Crippen LogP contribution in [0.1, 0.15) is 15.9 Å². The van der Waals surface area contributed by atoms with Crippen molar-refractivity contribution < 1.29 is 18.7 Å². The van der Waals surface area contributed by atoms with Gasteiger partial charge in [-0.2, -0.15) is 0 Å². The number of nitrogen functional groups attached to an aromatic ring is 1. The second-order valence-corrected chi connectivity index (χ2v) is 5.04. The van der Waals surface area contributed by atoms with E-state index in [1.807, 2.05) is 0 Å². The average Bonchev–Trinajstić information content (AvgIpc) is 3.02. The number of rotatable bonds is 4. The summed E-state index contributed by atoms with van der Waals surface area (Å²) in [5.41, 5.74) is 6.31. The van der Waals surface area contributed by atoms with Crippen molar-refractivity contribution >= 4 is 22.7 Å². The van der Waals surface area contributed by atoms with E-state index in [4.69, 9.17) is 20.6 Å². The molecule has 0 saturated carbocycles. The second-order valence-electron chi connectivity index (χ2n) is 5.04. The third-order valence-corrected chi connectivity index (χ3v) is 3.52. The van der Waals surface area contributed by atoms with Gasteiger partial charge in [-0.15, -0.1) is 0 Å². The Hall–Kier alpha value is -3.35. The fourth-order valence-corrected chi connectivity index (χ4v) is 2.40. The van der Waals surface area contributed by atoms with E-state index >= 15 is 0 Å². The molecule has 0 radical (unpaired) electrons. The second kappa shape index (κ2) is 6.04. The Kier molecular flexibility index (Phi) is 3.91. The highest BCUT2D eigenvalue weighted by Crippen LogP contribution is 2.34. The molecule has 0 aliphatic carbocycles. The van der Waals surface area contributed by atoms with Crippen LogP contribution in [0.15, 0.2) is 42.6 Å². The summed E-state index contributed by atoms with van der Waals surface area (Å²) in [5, 5.41) is 7.94. The number of aromatic amines is 1. The minimum atomic E-state index is -0.711. The molecule has 6 nitrogen and oxygen atoms in total. The summed E-state index contributed by atoms with van der Waals surface area (Å²) in [4.78, 5) is 15.0. The molecule has 0 unspecified atom stereocenters. The third kappa shape index (κ3) is 2.67. The Morgan fingerprint density at radius 3 is 2.79 bits per heavy atom. The summed E-state index contributed by atoms with van der Waals surface area (Å²) in [6.07, 6.45) is 1.59. The highest BCUT2D eigenvalue weighted by atomic mass is 19.1. The first-order valence-corrected chi connectivity index (χ1v) is 7.01. The number of hydrogen-bond donors (Lipinski definition) is 3. The van der Waals surface area contributed by atoms with Crippen molar-refractivity contribution in [2.24, 2.45) is 5.73 Å². The number of nitrogens with one attached hydrogen (secondary N) is 2. The first-order valence-electron chi connectivity index (χ1n) is 7.01. The molecule has 0 saturated heterocycles. The molecule has 0 aliphatic heterocycles. The Morgan fingerprint density at radius 2 is 2.08 bits per heavy atom. The molecule has 24 heavy (non-hydrogen) atoms. The molecule has 2 aromatic carbocycles. The van der Waals surface area contributed by atoms with E-state index in [1.165, 1.54) is 19.2 Å². The van der Waals surface area contributed by atoms with Crippen molar-refractivity contribution in [3.8, 4) is 11.5 Å². The summed E-state index contributed by atoms with van der Waals surface area (Å²) in [6, 6.07) is 9.20. The number of halogens is 1. The Morgan fingerprint density at radius 1 is 1.29 bits per heavy atom. The monoisotopic (exact) mass is 327 g/mol. The molecular formula is C17H14FN3O3. The van der Waals surface area contributed by atoms with Crippen molar-refractivity contribution in [3.05, 3.63) is 59.5 Å². The van der Waals surface area contributed by atoms with E-state index in [1.54, 1.807) is 30.5 Å². The van der Waals surface area contributed by atoms with E-state index in [2.05, 4.69) is 4.98 Å². The first kappa shape index (κ1) is 15.5. The molecule has 0 aliphatic rings. The summed E-state index contributed by atoms with van der Waals surface area (Å²) >= 11 is 0. The molecule has 7 heteroatoms. The largest absolute Gasteiger partial charge is 0.465 e. The van der Waals surface area contributed by atoms with Crippen molar-refractivity contribution in [1.29, 1.82) is 5.41 Å². The van der Waals surface area contributed by atoms with Crippen molar-refractivity contribution in [2.45, 2.75) is 0 Å². The highest BCUT2D eigenvalue weighted by molar-refractivity contribution is 6.06. The molecule has 0 spiro atoms. The number of aromatic nitrogens is 1. The van der Waals surface area contributed by atoms with Gasteiger partial charge in [-0.1, -0.05) is 12.1 Å². The lowest BCUT2D eigenvalue weighted by Gasteiger charge is -2.13. The smallest absolute Gasteiger partial charge is 0.342 e. The lowest BCUT2D eigenvalue weighted by atomic mass is 10.1. The zero-order valence-corrected chi connectivity index (χ0v) is 12.7. The molecule has 3 rings (SSSR count). The van der Waals surface area contributed by atoms with Crippen LogP contribution in [-0.4, -0.2) is 23.9 Å². The molecule has 0 bridgehead atoms. The summed E-state index contributed by atoms with van der Waals surface area (Å²) in [7, 11) is 1.21. The first-order chi connectivity index (χ1) is 11.5. The fraction of sp³-hybridized carbons (Fsp3) is 0.0588. The minimum absolute atomic E-state index is 0.0121. The number of ether oxygens (including phenoxy) is 2. The number of esters is 1. The minimum Gasteiger partial charge on any atom is -0.465 e. The van der Waals surface area contributed by atoms with Crippen LogP contribution in [0, 0.1) is 11.2 Å². The van der Waals surface area contributed by atoms with Crippen LogP contribution in [0.25, 0.3) is 10.9 Å². The quantitative estimate of drug-likeness (QED) is 0.389. The van der Waals surface area contributed by atoms with Crippen LogP contribution in [0.4, 0.5) is 4.39 Å². The number of benzene rings is 2. The predicted molar refractivity (Wildman–Crippen MR) is 87.1 cm³/mol. The topological polar surface area (TPSA) is 101 Å². The maximum Gasteiger partial charge on any atom is 0.342 e. The maximum absolute atomic E-state index is 14.5. The zero-order valence-electron chi connectivity index (χ0n) is 12.7. The van der Waals surface area contributed by atoms with Crippen molar-refractivity contribution in [3.63, 3.8) is 0 Å². The van der Waals surface area contributed by atoms with E-state index in [-0.39, 0.29) is 22.9 Å². The fourth-order valence-electron chi connectivity index (χ4n) is 2.40. The van der Waals surface area contributed by atoms with Gasteiger partial charge in [-0.3, -0.25) is 5.41 Å². The van der Waals surface area contributed by atoms with Crippen LogP contribution in [0.5, 0.6) is 11.5 Å². The van der Waals surface area contributed by atoms with Gasteiger partial charge in [0.2, 0.25) is 0 Å². The SMILES string of the molecule is COC(=O)c1c(Oc2cccc(C(=N)N)c2)c(F)cc2[nH]ccc12. The Labute approximate surface area is 136 Å². The number of hydrogen-bond acceptors (Lipinski definition) is 4. The van der Waals surface area contributed by atoms with Gasteiger partial charge in [0.15, 0.2) is 11.6 Å². The van der Waals surface area contributed by atoms with Gasteiger partial charge < -0.3 is 20.2 Å². The maximum atomic E-state index is 14.5. The third-order valence-electron chi connectivity index (χ3n) is 3.52. The average molecular weight is 327 g/mol. The lowest BCUT2D eigenvalue weighted by Crippen LogP contribution is -2.11. The lowest BCUT2D eigenvalue weighted by molar-refractivity contribution is 0.0599. The van der Waals surface area contributed by atoms with E-state index < -0.39 is 11.8 Å². The number of methoxy groups -OCH3 is 1. The van der Waals surface area contributed by atoms with Crippen LogP contribution >= 0.6 is 0 Å². The molecule has 1 heterocycles. The number of fused-ring (bicyclic) bond motifs is 1. The van der Waals surface area contributed by atoms with Crippen LogP contribution in [-0.2, 0) is 4.74 Å². The zero-order chi connectivity index (χ0) is 17.3. The molecule has 0 amide bonds. The van der Waals surface area contributed by atoms with Crippen LogP contribution in [0.2, 0.25) is 0 Å². The number of nitrogens with two attached hydrogens (primary N) is 1. The predicted octanol–water partition coefficient (Wildman–Crippen LogP) is 3.17. The van der Waals surface area contributed by atoms with Gasteiger partial charge in [0.25, 0.3) is 0 Å². The number of H-pyrrole nitrogens is 1. The normalized spacial score (nSPS) is 10.6. The van der Waals surface area contributed by atoms with Gasteiger partial charge in [-0.25, -0.2) is 9.18 Å². The van der Waals surface area contributed by atoms with Gasteiger partial charge in [0.1, 0.15) is 17.1 Å². The summed E-state index contributed by atoms with van der Waals surface area (Å²) < 4.78 is 24.8. The van der Waals surface area contributed by atoms with E-state index in [0.29, 0.717) is 16.5 Å². The molecule has 0 atom stereocenters. The van der Waals surface area contributed by atoms with Gasteiger partial charge in [0, 0.05) is 28.7 Å². The molecule has 4 N–H and O–H groups in total. The van der Waals surface area contributed by atoms with E-state index in [0.717, 1.165) is 0 Å². The Balaban J connectivity index is 2.15. The van der Waals surface area contributed by atoms with Crippen molar-refractivity contribution in [1.82, 2.24) is 4.98 Å². The number of amidine groups is 1. The highest BCUT2D eigenvalue weighted by Gasteiger charge is 2.23. The van der Waals surface area contributed by atoms with E-state index in [9.17, 15) is 9.18 Å². The van der Waals surface area contributed by atoms with Gasteiger partial charge in [0.05, 0.1) is 7.11 Å². The number of carbonyl (C=O) groups is 1. The molecule has 0 fully saturated rings. The summed E-state index contributed by atoms with van der Waals surface area (Å²) in [6.45, 7) is 0. The molecule has 1 aromatic heterocycles. The standard InChI is InChI=1S/C17H14FN3O3/c1-23-17(22)14-11-5-6-21-13(11)8-12(18)15(14)24-10-4-2-3-9(7-10)16(19)20/h2-8,21H,1H3,(H3,19,20). The Bertz CT molecular complexity index is 949. The van der Waals surface area contributed by atoms with Crippen molar-refractivity contribution in [2.75, 3.05) is 7.11 Å². The van der Waals surface area contributed by atoms with Crippen LogP contribution < -0.4 is 10.5 Å².